The molecule has 3 N–H and O–H groups in total. The molecule has 1 aromatic carbocycles. The molecule has 18 heavy (non-hydrogen) atoms. The summed E-state index contributed by atoms with van der Waals surface area (Å²) in [6, 6.07) is 5.03. The van der Waals surface area contributed by atoms with Crippen molar-refractivity contribution in [3.8, 4) is 0 Å². The second-order valence-corrected chi connectivity index (χ2v) is 7.44. The molecule has 1 aliphatic rings. The highest BCUT2D eigenvalue weighted by Crippen LogP contribution is 2.22. The fraction of sp³-hybridized carbons (Fsp3) is 0.500. The molecule has 0 bridgehead atoms. The summed E-state index contributed by atoms with van der Waals surface area (Å²) in [4.78, 5) is 0.292. The average molecular weight is 286 g/mol. The minimum Gasteiger partial charge on any atom is -0.399 e. The second-order valence-electron chi connectivity index (χ2n) is 4.53. The SMILES string of the molecule is Cc1ccc(N)cc1S(=O)(=O)NC1CCSCC1. The molecule has 0 saturated carbocycles. The van der Waals surface area contributed by atoms with Crippen molar-refractivity contribution in [3.05, 3.63) is 23.8 Å². The molecule has 2 rings (SSSR count). The molecule has 100 valence electrons. The van der Waals surface area contributed by atoms with Crippen LogP contribution >= 0.6 is 11.8 Å². The van der Waals surface area contributed by atoms with Gasteiger partial charge in [0.25, 0.3) is 0 Å². The van der Waals surface area contributed by atoms with Gasteiger partial charge < -0.3 is 5.73 Å². The Kier molecular flexibility index (Phi) is 4.19. The van der Waals surface area contributed by atoms with Crippen molar-refractivity contribution in [2.24, 2.45) is 0 Å². The quantitative estimate of drug-likeness (QED) is 0.830. The van der Waals surface area contributed by atoms with Gasteiger partial charge in [-0.15, -0.1) is 0 Å². The van der Waals surface area contributed by atoms with E-state index in [9.17, 15) is 8.42 Å². The lowest BCUT2D eigenvalue weighted by atomic mass is 10.2. The minimum absolute atomic E-state index is 0.0529. The van der Waals surface area contributed by atoms with Crippen molar-refractivity contribution < 1.29 is 8.42 Å². The first kappa shape index (κ1) is 13.7. The lowest BCUT2D eigenvalue weighted by molar-refractivity contribution is 0.528. The molecule has 1 saturated heterocycles. The van der Waals surface area contributed by atoms with E-state index in [0.717, 1.165) is 29.9 Å². The summed E-state index contributed by atoms with van der Waals surface area (Å²) in [6.07, 6.45) is 1.79. The Morgan fingerprint density at radius 2 is 2.00 bits per heavy atom. The zero-order chi connectivity index (χ0) is 13.2. The topological polar surface area (TPSA) is 72.2 Å². The van der Waals surface area contributed by atoms with Gasteiger partial charge in [-0.05, 0) is 49.0 Å². The summed E-state index contributed by atoms with van der Waals surface area (Å²) in [6.45, 7) is 1.78. The van der Waals surface area contributed by atoms with Gasteiger partial charge in [-0.2, -0.15) is 11.8 Å². The number of hydrogen-bond acceptors (Lipinski definition) is 4. The number of nitrogen functional groups attached to an aromatic ring is 1. The van der Waals surface area contributed by atoms with Crippen molar-refractivity contribution in [1.82, 2.24) is 4.72 Å². The highest BCUT2D eigenvalue weighted by molar-refractivity contribution is 7.99. The highest BCUT2D eigenvalue weighted by atomic mass is 32.2. The Bertz CT molecular complexity index is 523. The molecule has 0 radical (unpaired) electrons. The Morgan fingerprint density at radius 1 is 1.33 bits per heavy atom. The molecule has 1 aromatic rings. The van der Waals surface area contributed by atoms with Crippen LogP contribution in [0.3, 0.4) is 0 Å². The Labute approximate surface area is 112 Å². The zero-order valence-corrected chi connectivity index (χ0v) is 12.0. The van der Waals surface area contributed by atoms with Crippen molar-refractivity contribution in [2.75, 3.05) is 17.2 Å². The van der Waals surface area contributed by atoms with Crippen LogP contribution in [-0.4, -0.2) is 26.0 Å². The van der Waals surface area contributed by atoms with E-state index in [0.29, 0.717) is 10.6 Å². The number of rotatable bonds is 3. The maximum Gasteiger partial charge on any atom is 0.241 e. The summed E-state index contributed by atoms with van der Waals surface area (Å²) in [5, 5.41) is 0. The van der Waals surface area contributed by atoms with Gasteiger partial charge in [0.15, 0.2) is 0 Å². The van der Waals surface area contributed by atoms with E-state index in [-0.39, 0.29) is 6.04 Å². The largest absolute Gasteiger partial charge is 0.399 e. The third-order valence-corrected chi connectivity index (χ3v) is 5.76. The molecule has 0 aromatic heterocycles. The lowest BCUT2D eigenvalue weighted by Gasteiger charge is -2.22. The maximum absolute atomic E-state index is 12.3. The first-order valence-electron chi connectivity index (χ1n) is 5.95. The first-order valence-corrected chi connectivity index (χ1v) is 8.59. The van der Waals surface area contributed by atoms with Crippen LogP contribution in [0, 0.1) is 6.92 Å². The van der Waals surface area contributed by atoms with Gasteiger partial charge in [0.05, 0.1) is 4.90 Å². The van der Waals surface area contributed by atoms with Crippen molar-refractivity contribution in [2.45, 2.75) is 30.7 Å². The normalized spacial score (nSPS) is 17.8. The standard InChI is InChI=1S/C12H18N2O2S2/c1-9-2-3-10(13)8-12(9)18(15,16)14-11-4-6-17-7-5-11/h2-3,8,11,14H,4-7,13H2,1H3. The number of sulfonamides is 1. The lowest BCUT2D eigenvalue weighted by Crippen LogP contribution is -2.37. The Balaban J connectivity index is 2.21. The van der Waals surface area contributed by atoms with E-state index in [4.69, 9.17) is 5.73 Å². The molecule has 0 aliphatic carbocycles. The van der Waals surface area contributed by atoms with E-state index < -0.39 is 10.0 Å². The molecule has 6 heteroatoms. The molecule has 1 aliphatic heterocycles. The third-order valence-electron chi connectivity index (χ3n) is 3.04. The predicted molar refractivity (Wildman–Crippen MR) is 76.3 cm³/mol. The van der Waals surface area contributed by atoms with Gasteiger partial charge in [0, 0.05) is 11.7 Å². The molecule has 1 heterocycles. The number of aryl methyl sites for hydroxylation is 1. The molecule has 0 amide bonds. The Morgan fingerprint density at radius 3 is 2.67 bits per heavy atom. The number of nitrogens with two attached hydrogens (primary N) is 1. The van der Waals surface area contributed by atoms with Gasteiger partial charge in [-0.25, -0.2) is 13.1 Å². The summed E-state index contributed by atoms with van der Waals surface area (Å²) >= 11 is 1.87. The first-order chi connectivity index (χ1) is 8.49. The van der Waals surface area contributed by atoms with Crippen LogP contribution in [0.15, 0.2) is 23.1 Å². The molecule has 1 fully saturated rings. The number of thioether (sulfide) groups is 1. The summed E-state index contributed by atoms with van der Waals surface area (Å²) < 4.78 is 27.4. The van der Waals surface area contributed by atoms with Crippen LogP contribution in [0.1, 0.15) is 18.4 Å². The van der Waals surface area contributed by atoms with E-state index in [1.54, 1.807) is 19.1 Å². The van der Waals surface area contributed by atoms with E-state index in [2.05, 4.69) is 4.72 Å². The van der Waals surface area contributed by atoms with Gasteiger partial charge in [-0.1, -0.05) is 6.07 Å². The van der Waals surface area contributed by atoms with Gasteiger partial charge >= 0.3 is 0 Å². The van der Waals surface area contributed by atoms with Crippen LogP contribution in [0.2, 0.25) is 0 Å². The van der Waals surface area contributed by atoms with Crippen molar-refractivity contribution in [1.29, 1.82) is 0 Å². The fourth-order valence-corrected chi connectivity index (χ4v) is 4.70. The van der Waals surface area contributed by atoms with Gasteiger partial charge in [0.1, 0.15) is 0 Å². The van der Waals surface area contributed by atoms with E-state index in [1.807, 2.05) is 11.8 Å². The number of hydrogen-bond donors (Lipinski definition) is 2. The average Bonchev–Trinajstić information content (AvgIpc) is 2.33. The number of benzene rings is 1. The van der Waals surface area contributed by atoms with Crippen LogP contribution in [0.4, 0.5) is 5.69 Å². The second kappa shape index (κ2) is 5.50. The minimum atomic E-state index is -3.45. The summed E-state index contributed by atoms with van der Waals surface area (Å²) in [5.41, 5.74) is 6.86. The zero-order valence-electron chi connectivity index (χ0n) is 10.3. The monoisotopic (exact) mass is 286 g/mol. The van der Waals surface area contributed by atoms with Crippen molar-refractivity contribution in [3.63, 3.8) is 0 Å². The highest BCUT2D eigenvalue weighted by Gasteiger charge is 2.23. The van der Waals surface area contributed by atoms with Gasteiger partial charge in [0.2, 0.25) is 10.0 Å². The Hall–Kier alpha value is -0.720. The molecular weight excluding hydrogens is 268 g/mol. The van der Waals surface area contributed by atoms with Gasteiger partial charge in [-0.3, -0.25) is 0 Å². The number of nitrogens with one attached hydrogen (secondary N) is 1. The van der Waals surface area contributed by atoms with Crippen LogP contribution in [0.5, 0.6) is 0 Å². The smallest absolute Gasteiger partial charge is 0.241 e. The molecule has 4 nitrogen and oxygen atoms in total. The van der Waals surface area contributed by atoms with E-state index in [1.165, 1.54) is 6.07 Å². The summed E-state index contributed by atoms with van der Waals surface area (Å²) in [5.74, 6) is 2.03. The van der Waals surface area contributed by atoms with Crippen molar-refractivity contribution >= 4 is 27.5 Å². The third kappa shape index (κ3) is 3.18. The molecule has 0 atom stereocenters. The van der Waals surface area contributed by atoms with Crippen LogP contribution < -0.4 is 10.5 Å². The molecule has 0 spiro atoms. The van der Waals surface area contributed by atoms with Crippen LogP contribution in [0.25, 0.3) is 0 Å². The fourth-order valence-electron chi connectivity index (χ4n) is 2.00. The van der Waals surface area contributed by atoms with E-state index >= 15 is 0 Å². The maximum atomic E-state index is 12.3. The molecule has 0 unspecified atom stereocenters. The molecular formula is C12H18N2O2S2. The summed E-state index contributed by atoms with van der Waals surface area (Å²) in [7, 11) is -3.45. The van der Waals surface area contributed by atoms with Crippen LogP contribution in [-0.2, 0) is 10.0 Å². The predicted octanol–water partition coefficient (Wildman–Crippen LogP) is 1.75. The number of anilines is 1.